The highest BCUT2D eigenvalue weighted by Crippen LogP contribution is 2.27. The van der Waals surface area contributed by atoms with E-state index >= 15 is 0 Å². The lowest BCUT2D eigenvalue weighted by Gasteiger charge is -2.32. The summed E-state index contributed by atoms with van der Waals surface area (Å²) in [5.41, 5.74) is 3.06. The van der Waals surface area contributed by atoms with Crippen LogP contribution in [0.4, 0.5) is 5.69 Å². The first-order valence-electron chi connectivity index (χ1n) is 11.9. The van der Waals surface area contributed by atoms with Crippen LogP contribution in [0, 0.1) is 13.8 Å². The minimum atomic E-state index is -4.11. The monoisotopic (exact) mass is 523 g/mol. The Labute approximate surface area is 218 Å². The van der Waals surface area contributed by atoms with Crippen molar-refractivity contribution in [1.82, 2.24) is 10.2 Å². The van der Waals surface area contributed by atoms with E-state index in [0.29, 0.717) is 11.4 Å². The first-order chi connectivity index (χ1) is 17.6. The van der Waals surface area contributed by atoms with E-state index in [1.165, 1.54) is 31.2 Å². The van der Waals surface area contributed by atoms with Crippen LogP contribution in [0.5, 0.6) is 5.75 Å². The third-order valence-corrected chi connectivity index (χ3v) is 7.89. The molecule has 8 nitrogen and oxygen atoms in total. The fourth-order valence-corrected chi connectivity index (χ4v) is 5.33. The number of ether oxygens (including phenoxy) is 1. The minimum Gasteiger partial charge on any atom is -0.497 e. The Morgan fingerprint density at radius 3 is 2.16 bits per heavy atom. The third-order valence-electron chi connectivity index (χ3n) is 6.10. The number of anilines is 1. The number of aryl methyl sites for hydroxylation is 2. The van der Waals surface area contributed by atoms with E-state index in [0.717, 1.165) is 21.0 Å². The molecule has 0 fully saturated rings. The van der Waals surface area contributed by atoms with Crippen LogP contribution >= 0.6 is 0 Å². The van der Waals surface area contributed by atoms with Gasteiger partial charge in [0, 0.05) is 13.6 Å². The van der Waals surface area contributed by atoms with Crippen molar-refractivity contribution in [2.24, 2.45) is 0 Å². The molecule has 3 rings (SSSR count). The third kappa shape index (κ3) is 6.68. The topological polar surface area (TPSA) is 96.0 Å². The number of benzene rings is 3. The molecule has 1 N–H and O–H groups in total. The number of methoxy groups -OCH3 is 1. The van der Waals surface area contributed by atoms with Gasteiger partial charge in [-0.2, -0.15) is 0 Å². The van der Waals surface area contributed by atoms with Crippen LogP contribution in [0.2, 0.25) is 0 Å². The van der Waals surface area contributed by atoms with Crippen LogP contribution < -0.4 is 14.4 Å². The van der Waals surface area contributed by atoms with Crippen molar-refractivity contribution in [2.75, 3.05) is 25.0 Å². The van der Waals surface area contributed by atoms with Crippen molar-refractivity contribution in [3.8, 4) is 5.75 Å². The van der Waals surface area contributed by atoms with Crippen LogP contribution in [-0.4, -0.2) is 51.9 Å². The van der Waals surface area contributed by atoms with Gasteiger partial charge in [-0.3, -0.25) is 13.9 Å². The molecule has 37 heavy (non-hydrogen) atoms. The largest absolute Gasteiger partial charge is 0.497 e. The number of rotatable bonds is 10. The Morgan fingerprint density at radius 1 is 0.946 bits per heavy atom. The summed E-state index contributed by atoms with van der Waals surface area (Å²) in [5, 5.41) is 2.58. The number of likely N-dealkylation sites (N-methyl/N-ethyl adjacent to an activating group) is 1. The average Bonchev–Trinajstić information content (AvgIpc) is 2.89. The van der Waals surface area contributed by atoms with Gasteiger partial charge in [0.25, 0.3) is 10.0 Å². The SMILES string of the molecule is CNC(=O)[C@H](C)N(Cc1cccc(C)c1)C(=O)CN(c1ccc(OC)cc1)S(=O)(=O)c1ccc(C)cc1. The van der Waals surface area contributed by atoms with Gasteiger partial charge in [-0.1, -0.05) is 47.5 Å². The summed E-state index contributed by atoms with van der Waals surface area (Å²) in [6.45, 7) is 5.09. The molecule has 2 amide bonds. The molecule has 0 aliphatic carbocycles. The van der Waals surface area contributed by atoms with E-state index in [-0.39, 0.29) is 17.3 Å². The molecule has 0 saturated carbocycles. The fraction of sp³-hybridized carbons (Fsp3) is 0.286. The molecule has 3 aromatic rings. The minimum absolute atomic E-state index is 0.0614. The van der Waals surface area contributed by atoms with Crippen LogP contribution in [0.1, 0.15) is 23.6 Å². The summed E-state index contributed by atoms with van der Waals surface area (Å²) >= 11 is 0. The number of hydrogen-bond donors (Lipinski definition) is 1. The predicted molar refractivity (Wildman–Crippen MR) is 144 cm³/mol. The van der Waals surface area contributed by atoms with Crippen LogP contribution in [0.15, 0.2) is 77.7 Å². The average molecular weight is 524 g/mol. The summed E-state index contributed by atoms with van der Waals surface area (Å²) in [6, 6.07) is 19.7. The summed E-state index contributed by atoms with van der Waals surface area (Å²) in [7, 11) is -1.09. The van der Waals surface area contributed by atoms with Crippen molar-refractivity contribution < 1.29 is 22.7 Å². The molecule has 196 valence electrons. The summed E-state index contributed by atoms with van der Waals surface area (Å²) in [4.78, 5) is 27.7. The lowest BCUT2D eigenvalue weighted by atomic mass is 10.1. The number of amides is 2. The Hall–Kier alpha value is -3.85. The second kappa shape index (κ2) is 11.9. The molecule has 3 aromatic carbocycles. The number of hydrogen-bond acceptors (Lipinski definition) is 5. The molecule has 0 aliphatic rings. The van der Waals surface area contributed by atoms with Crippen molar-refractivity contribution in [1.29, 1.82) is 0 Å². The zero-order valence-electron chi connectivity index (χ0n) is 21.8. The first-order valence-corrected chi connectivity index (χ1v) is 13.3. The molecule has 0 unspecified atom stereocenters. The first kappa shape index (κ1) is 27.7. The van der Waals surface area contributed by atoms with E-state index in [1.807, 2.05) is 38.1 Å². The van der Waals surface area contributed by atoms with Gasteiger partial charge in [0.15, 0.2) is 0 Å². The van der Waals surface area contributed by atoms with Gasteiger partial charge in [0.2, 0.25) is 11.8 Å². The normalized spacial score (nSPS) is 11.9. The number of sulfonamides is 1. The predicted octanol–water partition coefficient (Wildman–Crippen LogP) is 3.67. The van der Waals surface area contributed by atoms with Crippen LogP contribution in [0.3, 0.4) is 0 Å². The molecule has 0 bridgehead atoms. The molecule has 0 saturated heterocycles. The van der Waals surface area contributed by atoms with E-state index in [4.69, 9.17) is 4.74 Å². The van der Waals surface area contributed by atoms with Gasteiger partial charge < -0.3 is 15.0 Å². The fourth-order valence-electron chi connectivity index (χ4n) is 3.91. The smallest absolute Gasteiger partial charge is 0.264 e. The molecular weight excluding hydrogens is 490 g/mol. The second-order valence-corrected chi connectivity index (χ2v) is 10.7. The highest BCUT2D eigenvalue weighted by molar-refractivity contribution is 7.92. The molecule has 0 heterocycles. The molecule has 9 heteroatoms. The number of carbonyl (C=O) groups excluding carboxylic acids is 2. The Kier molecular flexibility index (Phi) is 8.94. The summed E-state index contributed by atoms with van der Waals surface area (Å²) in [6.07, 6.45) is 0. The Bertz CT molecular complexity index is 1340. The molecule has 0 spiro atoms. The standard InChI is InChI=1S/C28H33N3O5S/c1-20-9-15-26(16-10-20)37(34,35)31(24-11-13-25(36-5)14-12-24)19-27(32)30(22(3)28(33)29-4)18-23-8-6-7-21(2)17-23/h6-17,22H,18-19H2,1-5H3,(H,29,33)/t22-/m0/s1. The molecule has 1 atom stereocenters. The maximum absolute atomic E-state index is 13.8. The lowest BCUT2D eigenvalue weighted by Crippen LogP contribution is -2.50. The molecule has 0 aromatic heterocycles. The summed E-state index contributed by atoms with van der Waals surface area (Å²) in [5.74, 6) is -0.306. The van der Waals surface area contributed by atoms with Gasteiger partial charge in [-0.15, -0.1) is 0 Å². The van der Waals surface area contributed by atoms with Gasteiger partial charge in [-0.05, 0) is 62.7 Å². The second-order valence-electron chi connectivity index (χ2n) is 8.82. The zero-order chi connectivity index (χ0) is 27.2. The quantitative estimate of drug-likeness (QED) is 0.438. The molecular formula is C28H33N3O5S. The number of carbonyl (C=O) groups is 2. The summed E-state index contributed by atoms with van der Waals surface area (Å²) < 4.78 is 33.8. The lowest BCUT2D eigenvalue weighted by molar-refractivity contribution is -0.139. The zero-order valence-corrected chi connectivity index (χ0v) is 22.6. The van der Waals surface area contributed by atoms with E-state index in [1.54, 1.807) is 43.3 Å². The molecule has 0 radical (unpaired) electrons. The van der Waals surface area contributed by atoms with Crippen LogP contribution in [0.25, 0.3) is 0 Å². The van der Waals surface area contributed by atoms with Gasteiger partial charge >= 0.3 is 0 Å². The maximum atomic E-state index is 13.8. The number of nitrogens with one attached hydrogen (secondary N) is 1. The highest BCUT2D eigenvalue weighted by Gasteiger charge is 2.32. The van der Waals surface area contributed by atoms with Crippen molar-refractivity contribution in [2.45, 2.75) is 38.3 Å². The number of nitrogens with zero attached hydrogens (tertiary/aromatic N) is 2. The van der Waals surface area contributed by atoms with Gasteiger partial charge in [-0.25, -0.2) is 8.42 Å². The van der Waals surface area contributed by atoms with Crippen molar-refractivity contribution in [3.05, 3.63) is 89.5 Å². The van der Waals surface area contributed by atoms with Gasteiger partial charge in [0.1, 0.15) is 18.3 Å². The Morgan fingerprint density at radius 2 is 1.59 bits per heavy atom. The van der Waals surface area contributed by atoms with Gasteiger partial charge in [0.05, 0.1) is 17.7 Å². The van der Waals surface area contributed by atoms with Crippen LogP contribution in [-0.2, 0) is 26.2 Å². The molecule has 0 aliphatic heterocycles. The Balaban J connectivity index is 2.03. The highest BCUT2D eigenvalue weighted by atomic mass is 32.2. The van der Waals surface area contributed by atoms with Crippen molar-refractivity contribution in [3.63, 3.8) is 0 Å². The maximum Gasteiger partial charge on any atom is 0.264 e. The van der Waals surface area contributed by atoms with Crippen molar-refractivity contribution >= 4 is 27.5 Å². The van der Waals surface area contributed by atoms with E-state index in [9.17, 15) is 18.0 Å². The van der Waals surface area contributed by atoms with E-state index < -0.39 is 28.5 Å². The van der Waals surface area contributed by atoms with E-state index in [2.05, 4.69) is 5.32 Å².